The largest absolute Gasteiger partial charge is 0.388 e. The van der Waals surface area contributed by atoms with E-state index in [-0.39, 0.29) is 24.6 Å². The van der Waals surface area contributed by atoms with Crippen LogP contribution in [-0.2, 0) is 25.6 Å². The van der Waals surface area contributed by atoms with E-state index in [1.165, 1.54) is 0 Å². The Bertz CT molecular complexity index is 406. The fraction of sp³-hybridized carbons (Fsp3) is 0.625. The second kappa shape index (κ2) is 7.87. The number of rotatable bonds is 9. The van der Waals surface area contributed by atoms with Gasteiger partial charge < -0.3 is 24.1 Å². The van der Waals surface area contributed by atoms with Crippen LogP contribution in [0.4, 0.5) is 0 Å². The lowest BCUT2D eigenvalue weighted by atomic mass is 10.1. The van der Waals surface area contributed by atoms with Crippen LogP contribution in [0.1, 0.15) is 18.9 Å². The molecule has 118 valence electrons. The minimum atomic E-state index is -0.645. The van der Waals surface area contributed by atoms with Gasteiger partial charge in [-0.05, 0) is 12.5 Å². The maximum atomic E-state index is 10.2. The van der Waals surface area contributed by atoms with Crippen molar-refractivity contribution in [2.75, 3.05) is 14.2 Å². The van der Waals surface area contributed by atoms with Gasteiger partial charge >= 0.3 is 0 Å². The highest BCUT2D eigenvalue weighted by Crippen LogP contribution is 2.32. The third-order valence-corrected chi connectivity index (χ3v) is 3.75. The number of methoxy groups -OCH3 is 2. The van der Waals surface area contributed by atoms with Gasteiger partial charge in [0.25, 0.3) is 0 Å². The summed E-state index contributed by atoms with van der Waals surface area (Å²) in [4.78, 5) is 0. The lowest BCUT2D eigenvalue weighted by Crippen LogP contribution is -2.32. The number of aliphatic hydroxyl groups is 1. The first-order valence-corrected chi connectivity index (χ1v) is 7.20. The minimum Gasteiger partial charge on any atom is -0.388 e. The quantitative estimate of drug-likeness (QED) is 0.555. The first kappa shape index (κ1) is 16.4. The topological polar surface area (TPSA) is 60.5 Å². The highest BCUT2D eigenvalue weighted by Gasteiger charge is 2.47. The van der Waals surface area contributed by atoms with Gasteiger partial charge in [0.15, 0.2) is 6.29 Å². The van der Waals surface area contributed by atoms with Crippen molar-refractivity contribution >= 4 is 0 Å². The van der Waals surface area contributed by atoms with Gasteiger partial charge in [-0.1, -0.05) is 30.3 Å². The van der Waals surface area contributed by atoms with E-state index in [1.54, 1.807) is 14.2 Å². The first-order chi connectivity index (χ1) is 10.2. The van der Waals surface area contributed by atoms with E-state index in [0.29, 0.717) is 13.0 Å². The van der Waals surface area contributed by atoms with Gasteiger partial charge in [-0.25, -0.2) is 0 Å². The van der Waals surface area contributed by atoms with Crippen LogP contribution in [0.15, 0.2) is 30.3 Å². The molecule has 0 amide bonds. The highest BCUT2D eigenvalue weighted by atomic mass is 16.7. The smallest absolute Gasteiger partial charge is 0.159 e. The molecule has 0 spiro atoms. The highest BCUT2D eigenvalue weighted by molar-refractivity contribution is 5.13. The maximum absolute atomic E-state index is 10.2. The fourth-order valence-electron chi connectivity index (χ4n) is 2.29. The predicted molar refractivity (Wildman–Crippen MR) is 77.8 cm³/mol. The Morgan fingerprint density at radius 1 is 1.19 bits per heavy atom. The normalized spacial score (nSPS) is 24.0. The molecule has 1 heterocycles. The van der Waals surface area contributed by atoms with Gasteiger partial charge in [0.2, 0.25) is 0 Å². The van der Waals surface area contributed by atoms with E-state index >= 15 is 0 Å². The molecule has 0 saturated carbocycles. The number of hydrogen-bond donors (Lipinski definition) is 1. The molecule has 21 heavy (non-hydrogen) atoms. The molecule has 1 aliphatic rings. The van der Waals surface area contributed by atoms with Crippen LogP contribution in [0, 0.1) is 0 Å². The van der Waals surface area contributed by atoms with Crippen LogP contribution < -0.4 is 0 Å². The number of epoxide rings is 1. The van der Waals surface area contributed by atoms with Crippen molar-refractivity contribution in [3.05, 3.63) is 35.9 Å². The van der Waals surface area contributed by atoms with Gasteiger partial charge in [0, 0.05) is 20.6 Å². The summed E-state index contributed by atoms with van der Waals surface area (Å²) in [6.07, 6.45) is -0.860. The number of ether oxygens (including phenoxy) is 4. The van der Waals surface area contributed by atoms with Crippen LogP contribution >= 0.6 is 0 Å². The second-order valence-electron chi connectivity index (χ2n) is 5.27. The summed E-state index contributed by atoms with van der Waals surface area (Å²) >= 11 is 0. The molecular formula is C16H24O5. The predicted octanol–water partition coefficient (Wildman–Crippen LogP) is 1.73. The molecule has 2 rings (SSSR count). The van der Waals surface area contributed by atoms with Crippen LogP contribution in [0.25, 0.3) is 0 Å². The van der Waals surface area contributed by atoms with Gasteiger partial charge in [-0.2, -0.15) is 0 Å². The van der Waals surface area contributed by atoms with Crippen molar-refractivity contribution < 1.29 is 24.1 Å². The summed E-state index contributed by atoms with van der Waals surface area (Å²) in [6.45, 7) is 2.34. The molecular weight excluding hydrogens is 272 g/mol. The SMILES string of the molecule is COC(C[C@@H]1O[C@@H]1[C@@H](O)[C@H](C)OCc1ccccc1)OC. The van der Waals surface area contributed by atoms with Gasteiger partial charge in [-0.15, -0.1) is 0 Å². The van der Waals surface area contributed by atoms with Gasteiger partial charge in [0.05, 0.1) is 18.8 Å². The van der Waals surface area contributed by atoms with Crippen molar-refractivity contribution in [1.29, 1.82) is 0 Å². The van der Waals surface area contributed by atoms with E-state index in [9.17, 15) is 5.11 Å². The molecule has 0 unspecified atom stereocenters. The summed E-state index contributed by atoms with van der Waals surface area (Å²) in [7, 11) is 3.18. The fourth-order valence-corrected chi connectivity index (χ4v) is 2.29. The van der Waals surface area contributed by atoms with E-state index in [0.717, 1.165) is 5.56 Å². The average molecular weight is 296 g/mol. The molecule has 1 saturated heterocycles. The lowest BCUT2D eigenvalue weighted by Gasteiger charge is -2.18. The maximum Gasteiger partial charge on any atom is 0.159 e. The Hall–Kier alpha value is -0.980. The average Bonchev–Trinajstić information content (AvgIpc) is 3.29. The number of aliphatic hydroxyl groups excluding tert-OH is 1. The molecule has 0 aromatic heterocycles. The van der Waals surface area contributed by atoms with Crippen molar-refractivity contribution in [2.24, 2.45) is 0 Å². The third-order valence-electron chi connectivity index (χ3n) is 3.75. The standard InChI is InChI=1S/C16H24O5/c1-11(20-10-12-7-5-4-6-8-12)15(17)16-13(21-16)9-14(18-2)19-3/h4-8,11,13-17H,9-10H2,1-3H3/t11-,13-,15-,16-/m0/s1. The first-order valence-electron chi connectivity index (χ1n) is 7.20. The van der Waals surface area contributed by atoms with E-state index in [1.807, 2.05) is 37.3 Å². The Morgan fingerprint density at radius 2 is 1.86 bits per heavy atom. The van der Waals surface area contributed by atoms with E-state index < -0.39 is 6.10 Å². The zero-order valence-corrected chi connectivity index (χ0v) is 12.8. The summed E-state index contributed by atoms with van der Waals surface area (Å²) < 4.78 is 21.5. The number of benzene rings is 1. The van der Waals surface area contributed by atoms with Crippen LogP contribution in [-0.4, -0.2) is 50.0 Å². The molecule has 0 radical (unpaired) electrons. The molecule has 0 aliphatic carbocycles. The van der Waals surface area contributed by atoms with Crippen molar-refractivity contribution in [2.45, 2.75) is 50.7 Å². The molecule has 1 aliphatic heterocycles. The van der Waals surface area contributed by atoms with Crippen molar-refractivity contribution in [3.63, 3.8) is 0 Å². The summed E-state index contributed by atoms with van der Waals surface area (Å²) in [5.41, 5.74) is 1.09. The summed E-state index contributed by atoms with van der Waals surface area (Å²) in [5.74, 6) is 0. The molecule has 0 bridgehead atoms. The monoisotopic (exact) mass is 296 g/mol. The summed E-state index contributed by atoms with van der Waals surface area (Å²) in [5, 5.41) is 10.2. The zero-order chi connectivity index (χ0) is 15.2. The Labute approximate surface area is 125 Å². The molecule has 1 aromatic carbocycles. The molecule has 1 N–H and O–H groups in total. The van der Waals surface area contributed by atoms with Gasteiger partial charge in [-0.3, -0.25) is 0 Å². The summed E-state index contributed by atoms with van der Waals surface area (Å²) in [6, 6.07) is 9.89. The minimum absolute atomic E-state index is 0.0346. The molecule has 1 aromatic rings. The van der Waals surface area contributed by atoms with E-state index in [4.69, 9.17) is 18.9 Å². The molecule has 5 nitrogen and oxygen atoms in total. The molecule has 5 heteroatoms. The van der Waals surface area contributed by atoms with Crippen LogP contribution in [0.5, 0.6) is 0 Å². The van der Waals surface area contributed by atoms with Crippen LogP contribution in [0.2, 0.25) is 0 Å². The Kier molecular flexibility index (Phi) is 6.14. The van der Waals surface area contributed by atoms with Gasteiger partial charge in [0.1, 0.15) is 12.2 Å². The van der Waals surface area contributed by atoms with E-state index in [2.05, 4.69) is 0 Å². The van der Waals surface area contributed by atoms with Crippen LogP contribution in [0.3, 0.4) is 0 Å². The van der Waals surface area contributed by atoms with Crippen molar-refractivity contribution in [1.82, 2.24) is 0 Å². The third kappa shape index (κ3) is 4.76. The molecule has 1 fully saturated rings. The second-order valence-corrected chi connectivity index (χ2v) is 5.27. The lowest BCUT2D eigenvalue weighted by molar-refractivity contribution is -0.109. The zero-order valence-electron chi connectivity index (χ0n) is 12.8. The Balaban J connectivity index is 1.72. The Morgan fingerprint density at radius 3 is 2.48 bits per heavy atom. The number of hydrogen-bond acceptors (Lipinski definition) is 5. The molecule has 4 atom stereocenters. The van der Waals surface area contributed by atoms with Crippen molar-refractivity contribution in [3.8, 4) is 0 Å².